The number of fused-ring (bicyclic) bond motifs is 1. The number of carbonyl (C=O) groups is 1. The minimum atomic E-state index is -0.879. The molecule has 2 unspecified atom stereocenters. The highest BCUT2D eigenvalue weighted by Crippen LogP contribution is 2.34. The second-order valence-electron chi connectivity index (χ2n) is 4.08. The number of hydrogen-bond acceptors (Lipinski definition) is 3. The Balaban J connectivity index is 2.43. The monoisotopic (exact) mass is 221 g/mol. The molecule has 0 saturated heterocycles. The zero-order valence-corrected chi connectivity index (χ0v) is 9.14. The number of aliphatic carboxylic acids is 1. The van der Waals surface area contributed by atoms with Crippen LogP contribution in [-0.4, -0.2) is 23.7 Å². The van der Waals surface area contributed by atoms with Crippen LogP contribution in [0.15, 0.2) is 18.2 Å². The van der Waals surface area contributed by atoms with Gasteiger partial charge in [0.1, 0.15) is 11.9 Å². The number of benzene rings is 1. The van der Waals surface area contributed by atoms with Gasteiger partial charge in [-0.15, -0.1) is 0 Å². The van der Waals surface area contributed by atoms with Crippen LogP contribution in [0.2, 0.25) is 0 Å². The van der Waals surface area contributed by atoms with E-state index in [4.69, 9.17) is 15.6 Å². The van der Waals surface area contributed by atoms with Gasteiger partial charge in [0.15, 0.2) is 0 Å². The van der Waals surface area contributed by atoms with Crippen molar-refractivity contribution in [2.45, 2.75) is 25.4 Å². The molecular formula is C12H15NO3. The fraction of sp³-hybridized carbons (Fsp3) is 0.417. The van der Waals surface area contributed by atoms with Crippen LogP contribution in [0.1, 0.15) is 24.0 Å². The lowest BCUT2D eigenvalue weighted by molar-refractivity contribution is -0.138. The smallest absolute Gasteiger partial charge is 0.312 e. The molecule has 16 heavy (non-hydrogen) atoms. The van der Waals surface area contributed by atoms with Crippen LogP contribution in [0, 0.1) is 0 Å². The van der Waals surface area contributed by atoms with Crippen LogP contribution in [-0.2, 0) is 11.2 Å². The van der Waals surface area contributed by atoms with E-state index in [9.17, 15) is 4.79 Å². The number of hydrogen-bond donors (Lipinski definition) is 2. The molecule has 86 valence electrons. The van der Waals surface area contributed by atoms with Gasteiger partial charge in [0.2, 0.25) is 0 Å². The first-order valence-corrected chi connectivity index (χ1v) is 5.34. The molecule has 0 aliphatic carbocycles. The summed E-state index contributed by atoms with van der Waals surface area (Å²) in [4.78, 5) is 11.1. The van der Waals surface area contributed by atoms with Gasteiger partial charge in [0.25, 0.3) is 0 Å². The van der Waals surface area contributed by atoms with E-state index in [2.05, 4.69) is 0 Å². The largest absolute Gasteiger partial charge is 0.490 e. The van der Waals surface area contributed by atoms with Crippen LogP contribution in [0.4, 0.5) is 0 Å². The summed E-state index contributed by atoms with van der Waals surface area (Å²) >= 11 is 0. The SMILES string of the molecule is CC1Cc2c(cccc2C(CN)C(=O)O)O1. The zero-order chi connectivity index (χ0) is 11.7. The minimum Gasteiger partial charge on any atom is -0.490 e. The summed E-state index contributed by atoms with van der Waals surface area (Å²) in [6.07, 6.45) is 0.873. The predicted octanol–water partition coefficient (Wildman–Crippen LogP) is 1.14. The van der Waals surface area contributed by atoms with E-state index >= 15 is 0 Å². The van der Waals surface area contributed by atoms with Crippen molar-refractivity contribution in [1.29, 1.82) is 0 Å². The first-order valence-electron chi connectivity index (χ1n) is 5.34. The number of rotatable bonds is 3. The second-order valence-corrected chi connectivity index (χ2v) is 4.08. The maximum absolute atomic E-state index is 11.1. The van der Waals surface area contributed by atoms with Crippen LogP contribution >= 0.6 is 0 Å². The zero-order valence-electron chi connectivity index (χ0n) is 9.14. The highest BCUT2D eigenvalue weighted by molar-refractivity contribution is 5.77. The summed E-state index contributed by atoms with van der Waals surface area (Å²) in [6, 6.07) is 5.52. The first-order chi connectivity index (χ1) is 7.63. The predicted molar refractivity (Wildman–Crippen MR) is 59.7 cm³/mol. The van der Waals surface area contributed by atoms with Gasteiger partial charge in [-0.1, -0.05) is 12.1 Å². The van der Waals surface area contributed by atoms with Crippen molar-refractivity contribution in [3.8, 4) is 5.75 Å². The fourth-order valence-corrected chi connectivity index (χ4v) is 2.14. The van der Waals surface area contributed by atoms with Gasteiger partial charge in [-0.25, -0.2) is 0 Å². The molecule has 2 rings (SSSR count). The molecule has 4 nitrogen and oxygen atoms in total. The Hall–Kier alpha value is -1.55. The van der Waals surface area contributed by atoms with Crippen LogP contribution in [0.5, 0.6) is 5.75 Å². The van der Waals surface area contributed by atoms with Crippen LogP contribution < -0.4 is 10.5 Å². The van der Waals surface area contributed by atoms with Crippen molar-refractivity contribution in [1.82, 2.24) is 0 Å². The van der Waals surface area contributed by atoms with Crippen molar-refractivity contribution >= 4 is 5.97 Å². The molecule has 1 heterocycles. The Labute approximate surface area is 94.0 Å². The van der Waals surface area contributed by atoms with Crippen molar-refractivity contribution in [2.24, 2.45) is 5.73 Å². The second kappa shape index (κ2) is 4.14. The summed E-state index contributed by atoms with van der Waals surface area (Å²) in [6.45, 7) is 2.09. The van der Waals surface area contributed by atoms with E-state index in [1.807, 2.05) is 25.1 Å². The summed E-state index contributed by atoms with van der Waals surface area (Å²) in [5.74, 6) is -0.719. The average Bonchev–Trinajstić information content (AvgIpc) is 2.59. The quantitative estimate of drug-likeness (QED) is 0.802. The number of carboxylic acids is 1. The molecule has 1 aliphatic rings. The highest BCUT2D eigenvalue weighted by Gasteiger charge is 2.27. The van der Waals surface area contributed by atoms with E-state index in [0.717, 1.165) is 23.3 Å². The lowest BCUT2D eigenvalue weighted by Gasteiger charge is -2.13. The van der Waals surface area contributed by atoms with Gasteiger partial charge in [0, 0.05) is 18.5 Å². The molecule has 0 bridgehead atoms. The molecular weight excluding hydrogens is 206 g/mol. The molecule has 0 saturated carbocycles. The third-order valence-corrected chi connectivity index (χ3v) is 2.90. The van der Waals surface area contributed by atoms with E-state index in [1.54, 1.807) is 0 Å². The van der Waals surface area contributed by atoms with Crippen molar-refractivity contribution < 1.29 is 14.6 Å². The molecule has 1 aliphatic heterocycles. The third kappa shape index (κ3) is 1.76. The third-order valence-electron chi connectivity index (χ3n) is 2.90. The first kappa shape index (κ1) is 11.0. The lowest BCUT2D eigenvalue weighted by atomic mass is 9.92. The topological polar surface area (TPSA) is 72.6 Å². The standard InChI is InChI=1S/C12H15NO3/c1-7-5-9-8(10(6-13)12(14)15)3-2-4-11(9)16-7/h2-4,7,10H,5-6,13H2,1H3,(H,14,15). The normalized spacial score (nSPS) is 20.0. The molecule has 0 spiro atoms. The van der Waals surface area contributed by atoms with Crippen molar-refractivity contribution in [2.75, 3.05) is 6.54 Å². The number of carboxylic acid groups (broad SMARTS) is 1. The molecule has 2 atom stereocenters. The Morgan fingerprint density at radius 3 is 3.06 bits per heavy atom. The molecule has 0 amide bonds. The van der Waals surface area contributed by atoms with Gasteiger partial charge in [0.05, 0.1) is 5.92 Å². The van der Waals surface area contributed by atoms with Crippen LogP contribution in [0.3, 0.4) is 0 Å². The Morgan fingerprint density at radius 1 is 1.69 bits per heavy atom. The summed E-state index contributed by atoms with van der Waals surface area (Å²) < 4.78 is 5.59. The molecule has 0 aromatic heterocycles. The van der Waals surface area contributed by atoms with Gasteiger partial charge in [-0.05, 0) is 18.6 Å². The fourth-order valence-electron chi connectivity index (χ4n) is 2.14. The van der Waals surface area contributed by atoms with Gasteiger partial charge < -0.3 is 15.6 Å². The summed E-state index contributed by atoms with van der Waals surface area (Å²) in [5.41, 5.74) is 7.29. The van der Waals surface area contributed by atoms with Gasteiger partial charge >= 0.3 is 5.97 Å². The Morgan fingerprint density at radius 2 is 2.44 bits per heavy atom. The molecule has 4 heteroatoms. The summed E-state index contributed by atoms with van der Waals surface area (Å²) in [7, 11) is 0. The van der Waals surface area contributed by atoms with Crippen molar-refractivity contribution in [3.63, 3.8) is 0 Å². The molecule has 1 aromatic carbocycles. The number of ether oxygens (including phenoxy) is 1. The Bertz CT molecular complexity index is 417. The molecule has 0 fully saturated rings. The average molecular weight is 221 g/mol. The lowest BCUT2D eigenvalue weighted by Crippen LogP contribution is -2.22. The van der Waals surface area contributed by atoms with Crippen LogP contribution in [0.25, 0.3) is 0 Å². The molecule has 0 radical (unpaired) electrons. The molecule has 3 N–H and O–H groups in total. The molecule has 1 aromatic rings. The minimum absolute atomic E-state index is 0.111. The maximum atomic E-state index is 11.1. The highest BCUT2D eigenvalue weighted by atomic mass is 16.5. The van der Waals surface area contributed by atoms with Gasteiger partial charge in [-0.3, -0.25) is 4.79 Å². The van der Waals surface area contributed by atoms with E-state index in [0.29, 0.717) is 0 Å². The maximum Gasteiger partial charge on any atom is 0.312 e. The Kier molecular flexibility index (Phi) is 2.83. The van der Waals surface area contributed by atoms with E-state index in [1.165, 1.54) is 0 Å². The number of nitrogens with two attached hydrogens (primary N) is 1. The van der Waals surface area contributed by atoms with E-state index in [-0.39, 0.29) is 12.6 Å². The van der Waals surface area contributed by atoms with Crippen molar-refractivity contribution in [3.05, 3.63) is 29.3 Å². The van der Waals surface area contributed by atoms with E-state index < -0.39 is 11.9 Å². The summed E-state index contributed by atoms with van der Waals surface area (Å²) in [5, 5.41) is 9.10. The van der Waals surface area contributed by atoms with Gasteiger partial charge in [-0.2, -0.15) is 0 Å².